The fraction of sp³-hybridized carbons (Fsp3) is 0.286. The maximum Gasteiger partial charge on any atom is 0.100 e. The first kappa shape index (κ1) is 5.42. The highest BCUT2D eigenvalue weighted by molar-refractivity contribution is 5.18. The van der Waals surface area contributed by atoms with Crippen molar-refractivity contribution in [3.05, 3.63) is 30.1 Å². The maximum atomic E-state index is 5.02. The van der Waals surface area contributed by atoms with Crippen LogP contribution in [-0.4, -0.2) is 0 Å². The van der Waals surface area contributed by atoms with Crippen LogP contribution in [0.15, 0.2) is 16.7 Å². The predicted molar refractivity (Wildman–Crippen MR) is 32.5 cm³/mol. The zero-order valence-electron chi connectivity index (χ0n) is 5.14. The van der Waals surface area contributed by atoms with E-state index in [2.05, 4.69) is 0 Å². The van der Waals surface area contributed by atoms with Gasteiger partial charge in [0.1, 0.15) is 5.76 Å². The lowest BCUT2D eigenvalue weighted by Crippen LogP contribution is -1.64. The van der Waals surface area contributed by atoms with Gasteiger partial charge in [0.25, 0.3) is 0 Å². The summed E-state index contributed by atoms with van der Waals surface area (Å²) in [6, 6.07) is 2.00. The highest BCUT2D eigenvalue weighted by atomic mass is 16.3. The maximum absolute atomic E-state index is 5.02. The van der Waals surface area contributed by atoms with Gasteiger partial charge >= 0.3 is 0 Å². The van der Waals surface area contributed by atoms with Gasteiger partial charge in [-0.05, 0) is 25.0 Å². The third-order valence-electron chi connectivity index (χ3n) is 1.08. The Morgan fingerprint density at radius 1 is 1.62 bits per heavy atom. The summed E-state index contributed by atoms with van der Waals surface area (Å²) in [5, 5.41) is 0. The minimum Gasteiger partial charge on any atom is -0.469 e. The van der Waals surface area contributed by atoms with Crippen molar-refractivity contribution >= 4 is 0 Å². The highest BCUT2D eigenvalue weighted by Gasteiger charge is 1.91. The molecule has 8 heavy (non-hydrogen) atoms. The SMILES string of the molecule is C[CH]c1coc(C)c1. The third kappa shape index (κ3) is 0.915. The Hall–Kier alpha value is -0.720. The van der Waals surface area contributed by atoms with Crippen molar-refractivity contribution in [2.45, 2.75) is 13.8 Å². The summed E-state index contributed by atoms with van der Waals surface area (Å²) < 4.78 is 5.02. The van der Waals surface area contributed by atoms with Crippen LogP contribution in [0.25, 0.3) is 0 Å². The summed E-state index contributed by atoms with van der Waals surface area (Å²) in [5.41, 5.74) is 1.16. The molecule has 0 N–H and O–H groups in total. The molecule has 0 atom stereocenters. The number of rotatable bonds is 1. The molecule has 43 valence electrons. The molecule has 1 heteroatoms. The quantitative estimate of drug-likeness (QED) is 0.538. The summed E-state index contributed by atoms with van der Waals surface area (Å²) in [4.78, 5) is 0. The third-order valence-corrected chi connectivity index (χ3v) is 1.08. The largest absolute Gasteiger partial charge is 0.469 e. The van der Waals surface area contributed by atoms with Crippen molar-refractivity contribution in [3.8, 4) is 0 Å². The monoisotopic (exact) mass is 109 g/mol. The van der Waals surface area contributed by atoms with Crippen molar-refractivity contribution in [1.29, 1.82) is 0 Å². The number of furan rings is 1. The molecule has 0 bridgehead atoms. The van der Waals surface area contributed by atoms with Crippen molar-refractivity contribution < 1.29 is 4.42 Å². The van der Waals surface area contributed by atoms with E-state index in [1.165, 1.54) is 0 Å². The van der Waals surface area contributed by atoms with E-state index in [9.17, 15) is 0 Å². The van der Waals surface area contributed by atoms with E-state index in [0.717, 1.165) is 11.3 Å². The van der Waals surface area contributed by atoms with Crippen LogP contribution in [0.4, 0.5) is 0 Å². The molecular weight excluding hydrogens is 100 g/mol. The molecule has 0 amide bonds. The van der Waals surface area contributed by atoms with Crippen LogP contribution in [0.2, 0.25) is 0 Å². The van der Waals surface area contributed by atoms with Gasteiger partial charge < -0.3 is 4.42 Å². The highest BCUT2D eigenvalue weighted by Crippen LogP contribution is 2.06. The van der Waals surface area contributed by atoms with Gasteiger partial charge in [0.2, 0.25) is 0 Å². The van der Waals surface area contributed by atoms with Gasteiger partial charge in [-0.1, -0.05) is 6.92 Å². The molecule has 0 saturated heterocycles. The summed E-state index contributed by atoms with van der Waals surface area (Å²) in [5.74, 6) is 0.970. The zero-order valence-corrected chi connectivity index (χ0v) is 5.14. The molecule has 0 aromatic carbocycles. The van der Waals surface area contributed by atoms with Gasteiger partial charge in [-0.3, -0.25) is 0 Å². The van der Waals surface area contributed by atoms with Crippen molar-refractivity contribution in [2.75, 3.05) is 0 Å². The van der Waals surface area contributed by atoms with Crippen LogP contribution in [0.5, 0.6) is 0 Å². The second kappa shape index (κ2) is 2.03. The van der Waals surface area contributed by atoms with Gasteiger partial charge in [-0.15, -0.1) is 0 Å². The smallest absolute Gasteiger partial charge is 0.100 e. The van der Waals surface area contributed by atoms with E-state index in [0.29, 0.717) is 0 Å². The Morgan fingerprint density at radius 2 is 2.38 bits per heavy atom. The zero-order chi connectivity index (χ0) is 5.98. The average Bonchev–Trinajstić information content (AvgIpc) is 2.14. The summed E-state index contributed by atoms with van der Waals surface area (Å²) in [7, 11) is 0. The molecule has 0 saturated carbocycles. The van der Waals surface area contributed by atoms with Crippen LogP contribution >= 0.6 is 0 Å². The fourth-order valence-electron chi connectivity index (χ4n) is 0.615. The minimum atomic E-state index is 0.970. The van der Waals surface area contributed by atoms with E-state index in [-0.39, 0.29) is 0 Å². The molecule has 1 aromatic heterocycles. The van der Waals surface area contributed by atoms with Gasteiger partial charge in [0.05, 0.1) is 6.26 Å². The van der Waals surface area contributed by atoms with Crippen molar-refractivity contribution in [2.24, 2.45) is 0 Å². The number of hydrogen-bond donors (Lipinski definition) is 0. The molecule has 0 fully saturated rings. The van der Waals surface area contributed by atoms with E-state index in [1.54, 1.807) is 6.26 Å². The molecule has 0 aliphatic rings. The fourth-order valence-corrected chi connectivity index (χ4v) is 0.615. The Labute approximate surface area is 49.3 Å². The standard InChI is InChI=1S/C7H9O/c1-3-7-4-6(2)8-5-7/h3-5H,1-2H3. The van der Waals surface area contributed by atoms with Crippen molar-refractivity contribution in [1.82, 2.24) is 0 Å². The summed E-state index contributed by atoms with van der Waals surface area (Å²) in [6.07, 6.45) is 3.76. The average molecular weight is 109 g/mol. The minimum absolute atomic E-state index is 0.970. The molecule has 1 aromatic rings. The first-order valence-corrected chi connectivity index (χ1v) is 2.67. The van der Waals surface area contributed by atoms with Crippen LogP contribution in [-0.2, 0) is 0 Å². The van der Waals surface area contributed by atoms with E-state index < -0.39 is 0 Å². The van der Waals surface area contributed by atoms with E-state index >= 15 is 0 Å². The van der Waals surface area contributed by atoms with Crippen LogP contribution < -0.4 is 0 Å². The second-order valence-corrected chi connectivity index (χ2v) is 1.78. The molecule has 0 spiro atoms. The Kier molecular flexibility index (Phi) is 1.38. The summed E-state index contributed by atoms with van der Waals surface area (Å²) in [6.45, 7) is 3.93. The van der Waals surface area contributed by atoms with Gasteiger partial charge in [-0.2, -0.15) is 0 Å². The van der Waals surface area contributed by atoms with Crippen LogP contribution in [0.1, 0.15) is 18.2 Å². The molecule has 1 radical (unpaired) electrons. The predicted octanol–water partition coefficient (Wildman–Crippen LogP) is 2.16. The summed E-state index contributed by atoms with van der Waals surface area (Å²) >= 11 is 0. The molecule has 0 unspecified atom stereocenters. The number of hydrogen-bond acceptors (Lipinski definition) is 1. The number of aryl methyl sites for hydroxylation is 1. The molecular formula is C7H9O. The van der Waals surface area contributed by atoms with Gasteiger partial charge in [0, 0.05) is 0 Å². The molecule has 1 heterocycles. The lowest BCUT2D eigenvalue weighted by molar-refractivity contribution is 0.533. The molecule has 1 nitrogen and oxygen atoms in total. The Bertz CT molecular complexity index is 165. The normalized spacial score (nSPS) is 9.75. The van der Waals surface area contributed by atoms with E-state index in [1.807, 2.05) is 26.3 Å². The van der Waals surface area contributed by atoms with Crippen molar-refractivity contribution in [3.63, 3.8) is 0 Å². The molecule has 0 aliphatic carbocycles. The lowest BCUT2D eigenvalue weighted by atomic mass is 10.2. The van der Waals surface area contributed by atoms with Gasteiger partial charge in [-0.25, -0.2) is 0 Å². The first-order valence-electron chi connectivity index (χ1n) is 2.67. The molecule has 0 aliphatic heterocycles. The van der Waals surface area contributed by atoms with Crippen LogP contribution in [0.3, 0.4) is 0 Å². The van der Waals surface area contributed by atoms with Crippen LogP contribution in [0, 0.1) is 13.3 Å². The Morgan fingerprint density at radius 3 is 2.62 bits per heavy atom. The van der Waals surface area contributed by atoms with E-state index in [4.69, 9.17) is 4.42 Å². The lowest BCUT2D eigenvalue weighted by Gasteiger charge is -1.76. The van der Waals surface area contributed by atoms with Gasteiger partial charge in [0.15, 0.2) is 0 Å². The topological polar surface area (TPSA) is 13.1 Å². The Balaban J connectivity index is 2.84. The molecule has 1 rings (SSSR count). The first-order chi connectivity index (χ1) is 3.83. The second-order valence-electron chi connectivity index (χ2n) is 1.78.